The van der Waals surface area contributed by atoms with Gasteiger partial charge in [-0.15, -0.1) is 0 Å². The summed E-state index contributed by atoms with van der Waals surface area (Å²) in [4.78, 5) is 32.9. The molecule has 160 valence electrons. The van der Waals surface area contributed by atoms with Gasteiger partial charge in [0, 0.05) is 33.3 Å². The summed E-state index contributed by atoms with van der Waals surface area (Å²) in [6.07, 6.45) is 1.93. The quantitative estimate of drug-likeness (QED) is 0.634. The van der Waals surface area contributed by atoms with Gasteiger partial charge in [0.15, 0.2) is 11.2 Å². The van der Waals surface area contributed by atoms with Gasteiger partial charge in [0.25, 0.3) is 5.56 Å². The summed E-state index contributed by atoms with van der Waals surface area (Å²) in [6.45, 7) is 2.63. The Morgan fingerprint density at radius 3 is 2.67 bits per heavy atom. The second-order valence-corrected chi connectivity index (χ2v) is 7.80. The van der Waals surface area contributed by atoms with Gasteiger partial charge in [-0.05, 0) is 18.4 Å². The normalized spacial score (nSPS) is 17.0. The van der Waals surface area contributed by atoms with Crippen LogP contribution in [-0.4, -0.2) is 51.5 Å². The van der Waals surface area contributed by atoms with Crippen LogP contribution in [0.2, 0.25) is 0 Å². The third-order valence-corrected chi connectivity index (χ3v) is 5.65. The summed E-state index contributed by atoms with van der Waals surface area (Å²) in [7, 11) is 3.09. The van der Waals surface area contributed by atoms with Gasteiger partial charge < -0.3 is 15.4 Å². The third kappa shape index (κ3) is 3.66. The monoisotopic (exact) mass is 412 g/mol. The molecule has 0 radical (unpaired) electrons. The summed E-state index contributed by atoms with van der Waals surface area (Å²) in [5.41, 5.74) is 7.34. The smallest absolute Gasteiger partial charge is 0.332 e. The highest BCUT2D eigenvalue weighted by molar-refractivity contribution is 5.75. The molecule has 1 saturated heterocycles. The number of hydrogen-bond donors (Lipinski definition) is 1. The average Bonchev–Trinajstić information content (AvgIpc) is 3.12. The molecule has 9 heteroatoms. The first-order chi connectivity index (χ1) is 14.5. The molecular formula is C21H28N6O3. The van der Waals surface area contributed by atoms with Crippen LogP contribution in [0.25, 0.3) is 11.2 Å². The predicted octanol–water partition coefficient (Wildman–Crippen LogP) is 0.519. The molecule has 1 fully saturated rings. The molecule has 9 nitrogen and oxygen atoms in total. The molecule has 1 aliphatic rings. The van der Waals surface area contributed by atoms with Crippen LogP contribution >= 0.6 is 0 Å². The first-order valence-corrected chi connectivity index (χ1v) is 10.2. The number of rotatable bonds is 6. The Kier molecular flexibility index (Phi) is 5.74. The molecule has 1 aliphatic heterocycles. The highest BCUT2D eigenvalue weighted by atomic mass is 16.5. The number of aromatic nitrogens is 4. The van der Waals surface area contributed by atoms with E-state index in [2.05, 4.69) is 4.90 Å². The van der Waals surface area contributed by atoms with Gasteiger partial charge in [0.1, 0.15) is 0 Å². The fourth-order valence-corrected chi connectivity index (χ4v) is 4.08. The molecule has 30 heavy (non-hydrogen) atoms. The van der Waals surface area contributed by atoms with Crippen LogP contribution in [0, 0.1) is 0 Å². The molecule has 4 rings (SSSR count). The van der Waals surface area contributed by atoms with Crippen molar-refractivity contribution in [2.45, 2.75) is 32.0 Å². The molecular weight excluding hydrogens is 384 g/mol. The zero-order chi connectivity index (χ0) is 21.3. The topological polar surface area (TPSA) is 100 Å². The minimum atomic E-state index is -0.393. The number of anilines is 1. The Balaban J connectivity index is 1.96. The molecule has 1 atom stereocenters. The molecule has 2 N–H and O–H groups in total. The lowest BCUT2D eigenvalue weighted by Crippen LogP contribution is -2.44. The van der Waals surface area contributed by atoms with Crippen molar-refractivity contribution in [2.75, 3.05) is 31.7 Å². The molecule has 0 bridgehead atoms. The molecule has 0 spiro atoms. The van der Waals surface area contributed by atoms with E-state index in [0.717, 1.165) is 29.5 Å². The number of nitrogens with two attached hydrogens (primary N) is 1. The largest absolute Gasteiger partial charge is 0.383 e. The second kappa shape index (κ2) is 8.45. The van der Waals surface area contributed by atoms with Crippen molar-refractivity contribution < 1.29 is 4.74 Å². The average molecular weight is 412 g/mol. The van der Waals surface area contributed by atoms with Crippen molar-refractivity contribution in [1.29, 1.82) is 0 Å². The molecule has 0 amide bonds. The van der Waals surface area contributed by atoms with Gasteiger partial charge >= 0.3 is 5.69 Å². The molecule has 3 aromatic rings. The van der Waals surface area contributed by atoms with E-state index in [1.165, 1.54) is 11.6 Å². The summed E-state index contributed by atoms with van der Waals surface area (Å²) >= 11 is 0. The Morgan fingerprint density at radius 2 is 1.97 bits per heavy atom. The van der Waals surface area contributed by atoms with Crippen LogP contribution in [0.15, 0.2) is 39.9 Å². The number of imidazole rings is 1. The van der Waals surface area contributed by atoms with Crippen LogP contribution in [0.1, 0.15) is 18.4 Å². The summed E-state index contributed by atoms with van der Waals surface area (Å²) in [5, 5.41) is 0. The van der Waals surface area contributed by atoms with Gasteiger partial charge in [-0.1, -0.05) is 30.3 Å². The Hall–Kier alpha value is -2.91. The van der Waals surface area contributed by atoms with E-state index in [9.17, 15) is 9.59 Å². The van der Waals surface area contributed by atoms with Crippen molar-refractivity contribution >= 4 is 17.1 Å². The van der Waals surface area contributed by atoms with Crippen molar-refractivity contribution in [3.05, 3.63) is 56.7 Å². The van der Waals surface area contributed by atoms with Crippen molar-refractivity contribution in [3.63, 3.8) is 0 Å². The first-order valence-electron chi connectivity index (χ1n) is 10.2. The van der Waals surface area contributed by atoms with Crippen LogP contribution in [0.3, 0.4) is 0 Å². The Bertz CT molecular complexity index is 1150. The standard InChI is InChI=1S/C21H28N6O3/c1-24-19(28)17-18(26(21(24)29)11-12-30-2)23-20(25-10-6-9-16(22)14-25)27(17)13-15-7-4-3-5-8-15/h3-5,7-8,16H,6,9-14,22H2,1-2H3. The summed E-state index contributed by atoms with van der Waals surface area (Å²) in [5.74, 6) is 0.679. The van der Waals surface area contributed by atoms with Crippen LogP contribution in [0.4, 0.5) is 5.95 Å². The van der Waals surface area contributed by atoms with Crippen molar-refractivity contribution in [3.8, 4) is 0 Å². The Morgan fingerprint density at radius 1 is 1.20 bits per heavy atom. The van der Waals surface area contributed by atoms with Crippen LogP contribution in [-0.2, 0) is 24.9 Å². The zero-order valence-electron chi connectivity index (χ0n) is 17.5. The highest BCUT2D eigenvalue weighted by Crippen LogP contribution is 2.24. The van der Waals surface area contributed by atoms with Crippen molar-refractivity contribution in [1.82, 2.24) is 18.7 Å². The van der Waals surface area contributed by atoms with E-state index in [-0.39, 0.29) is 11.6 Å². The maximum Gasteiger partial charge on any atom is 0.332 e. The van der Waals surface area contributed by atoms with Gasteiger partial charge in [-0.25, -0.2) is 4.79 Å². The van der Waals surface area contributed by atoms with E-state index in [1.807, 2.05) is 34.9 Å². The van der Waals surface area contributed by atoms with Gasteiger partial charge in [-0.3, -0.25) is 18.5 Å². The Labute approximate surface area is 174 Å². The molecule has 1 aromatic carbocycles. The zero-order valence-corrected chi connectivity index (χ0v) is 17.5. The maximum absolute atomic E-state index is 13.2. The van der Waals surface area contributed by atoms with E-state index < -0.39 is 5.69 Å². The number of methoxy groups -OCH3 is 1. The fraction of sp³-hybridized carbons (Fsp3) is 0.476. The van der Waals surface area contributed by atoms with E-state index in [1.54, 1.807) is 7.11 Å². The number of ether oxygens (including phenoxy) is 1. The number of fused-ring (bicyclic) bond motifs is 1. The third-order valence-electron chi connectivity index (χ3n) is 5.65. The molecule has 2 aromatic heterocycles. The summed E-state index contributed by atoms with van der Waals surface area (Å²) < 4.78 is 9.77. The summed E-state index contributed by atoms with van der Waals surface area (Å²) in [6, 6.07) is 9.99. The molecule has 3 heterocycles. The van der Waals surface area contributed by atoms with Gasteiger partial charge in [0.2, 0.25) is 5.95 Å². The lowest BCUT2D eigenvalue weighted by molar-refractivity contribution is 0.186. The van der Waals surface area contributed by atoms with E-state index in [0.29, 0.717) is 43.4 Å². The lowest BCUT2D eigenvalue weighted by Gasteiger charge is -2.31. The first kappa shape index (κ1) is 20.4. The van der Waals surface area contributed by atoms with Crippen molar-refractivity contribution in [2.24, 2.45) is 12.8 Å². The number of nitrogens with zero attached hydrogens (tertiary/aromatic N) is 5. The maximum atomic E-state index is 13.2. The van der Waals surface area contributed by atoms with Gasteiger partial charge in [0.05, 0.1) is 19.7 Å². The van der Waals surface area contributed by atoms with Crippen LogP contribution in [0.5, 0.6) is 0 Å². The second-order valence-electron chi connectivity index (χ2n) is 7.80. The number of piperidine rings is 1. The minimum Gasteiger partial charge on any atom is -0.383 e. The predicted molar refractivity (Wildman–Crippen MR) is 116 cm³/mol. The lowest BCUT2D eigenvalue weighted by atomic mass is 10.1. The van der Waals surface area contributed by atoms with E-state index in [4.69, 9.17) is 15.5 Å². The van der Waals surface area contributed by atoms with Gasteiger partial charge in [-0.2, -0.15) is 4.98 Å². The van der Waals surface area contributed by atoms with E-state index >= 15 is 0 Å². The number of hydrogen-bond acceptors (Lipinski definition) is 6. The molecule has 1 unspecified atom stereocenters. The number of benzene rings is 1. The minimum absolute atomic E-state index is 0.0576. The molecule has 0 aliphatic carbocycles. The van der Waals surface area contributed by atoms with Crippen LogP contribution < -0.4 is 21.9 Å². The SMILES string of the molecule is COCCn1c(=O)n(C)c(=O)c2c1nc(N1CCCC(N)C1)n2Cc1ccccc1. The highest BCUT2D eigenvalue weighted by Gasteiger charge is 2.26. The fourth-order valence-electron chi connectivity index (χ4n) is 4.08. The molecule has 0 saturated carbocycles.